The highest BCUT2D eigenvalue weighted by molar-refractivity contribution is 6.31. The Morgan fingerprint density at radius 2 is 1.91 bits per heavy atom. The third-order valence-electron chi connectivity index (χ3n) is 4.44. The van der Waals surface area contributed by atoms with E-state index in [0.717, 1.165) is 25.9 Å². The highest BCUT2D eigenvalue weighted by Gasteiger charge is 2.24. The van der Waals surface area contributed by atoms with E-state index in [0.29, 0.717) is 28.7 Å². The van der Waals surface area contributed by atoms with Gasteiger partial charge in [0.15, 0.2) is 0 Å². The monoisotopic (exact) mass is 335 g/mol. The normalized spacial score (nSPS) is 18.5. The van der Waals surface area contributed by atoms with Crippen LogP contribution in [0.5, 0.6) is 0 Å². The molecule has 124 valence electrons. The Kier molecular flexibility index (Phi) is 5.18. The second-order valence-corrected chi connectivity index (χ2v) is 6.79. The molecule has 0 atom stereocenters. The maximum absolute atomic E-state index is 12.4. The Labute approximate surface area is 141 Å². The largest absolute Gasteiger partial charge is 0.352 e. The Hall–Kier alpha value is -1.59. The Morgan fingerprint density at radius 1 is 1.17 bits per heavy atom. The summed E-state index contributed by atoms with van der Waals surface area (Å²) in [6.45, 7) is 2.40. The zero-order valence-electron chi connectivity index (χ0n) is 13.0. The molecule has 1 saturated heterocycles. The molecule has 1 heterocycles. The van der Waals surface area contributed by atoms with Gasteiger partial charge in [-0.15, -0.1) is 0 Å². The van der Waals surface area contributed by atoms with Crippen molar-refractivity contribution in [1.29, 1.82) is 0 Å². The van der Waals surface area contributed by atoms with Crippen molar-refractivity contribution in [3.63, 3.8) is 0 Å². The van der Waals surface area contributed by atoms with E-state index in [4.69, 9.17) is 11.6 Å². The van der Waals surface area contributed by atoms with E-state index in [-0.39, 0.29) is 17.7 Å². The van der Waals surface area contributed by atoms with Crippen LogP contribution in [-0.2, 0) is 4.79 Å². The average molecular weight is 336 g/mol. The predicted molar refractivity (Wildman–Crippen MR) is 90.7 cm³/mol. The van der Waals surface area contributed by atoms with Crippen LogP contribution < -0.4 is 16.0 Å². The predicted octanol–water partition coefficient (Wildman–Crippen LogP) is 2.42. The first kappa shape index (κ1) is 16.3. The smallest absolute Gasteiger partial charge is 0.253 e. The minimum absolute atomic E-state index is 0.00527. The molecule has 1 aliphatic heterocycles. The van der Waals surface area contributed by atoms with Gasteiger partial charge in [0.2, 0.25) is 5.91 Å². The van der Waals surface area contributed by atoms with Gasteiger partial charge in [0.25, 0.3) is 5.91 Å². The molecule has 1 aliphatic carbocycles. The summed E-state index contributed by atoms with van der Waals surface area (Å²) >= 11 is 6.02. The van der Waals surface area contributed by atoms with E-state index >= 15 is 0 Å². The van der Waals surface area contributed by atoms with Crippen molar-refractivity contribution in [3.8, 4) is 0 Å². The van der Waals surface area contributed by atoms with Gasteiger partial charge in [-0.2, -0.15) is 0 Å². The third-order valence-corrected chi connectivity index (χ3v) is 4.68. The van der Waals surface area contributed by atoms with Gasteiger partial charge in [-0.05, 0) is 62.9 Å². The number of hydrogen-bond acceptors (Lipinski definition) is 3. The minimum Gasteiger partial charge on any atom is -0.352 e. The number of hydrogen-bond donors (Lipinski definition) is 3. The molecule has 3 rings (SSSR count). The van der Waals surface area contributed by atoms with Crippen LogP contribution in [0.1, 0.15) is 36.0 Å². The number of carbonyl (C=O) groups excluding carboxylic acids is 2. The Balaban J connectivity index is 1.69. The number of rotatable bonds is 5. The summed E-state index contributed by atoms with van der Waals surface area (Å²) in [6, 6.07) is 5.01. The van der Waals surface area contributed by atoms with Crippen LogP contribution in [0.15, 0.2) is 18.2 Å². The molecule has 0 unspecified atom stereocenters. The van der Waals surface area contributed by atoms with Crippen LogP contribution in [0.25, 0.3) is 0 Å². The summed E-state index contributed by atoms with van der Waals surface area (Å²) in [5.74, 6) is 0.394. The van der Waals surface area contributed by atoms with Crippen molar-refractivity contribution in [3.05, 3.63) is 28.8 Å². The van der Waals surface area contributed by atoms with Crippen molar-refractivity contribution in [2.75, 3.05) is 25.0 Å². The second kappa shape index (κ2) is 7.32. The highest BCUT2D eigenvalue weighted by atomic mass is 35.5. The molecule has 0 spiro atoms. The van der Waals surface area contributed by atoms with Crippen LogP contribution in [0, 0.1) is 11.8 Å². The van der Waals surface area contributed by atoms with Crippen molar-refractivity contribution < 1.29 is 9.59 Å². The first-order valence-electron chi connectivity index (χ1n) is 8.23. The van der Waals surface area contributed by atoms with Crippen LogP contribution in [0.2, 0.25) is 5.02 Å². The minimum atomic E-state index is -0.181. The summed E-state index contributed by atoms with van der Waals surface area (Å²) in [5.41, 5.74) is 0.965. The number of benzene rings is 1. The fourth-order valence-corrected chi connectivity index (χ4v) is 2.96. The fourth-order valence-electron chi connectivity index (χ4n) is 2.79. The maximum Gasteiger partial charge on any atom is 0.253 e. The lowest BCUT2D eigenvalue weighted by atomic mass is 9.97. The standard InChI is InChI=1S/C17H22ClN3O2/c18-13-3-4-15(21-16(22)12-5-7-19-8-6-12)14(9-13)17(23)20-10-11-1-2-11/h3-4,9,11-12,19H,1-2,5-8,10H2,(H,20,23)(H,21,22). The molecule has 0 radical (unpaired) electrons. The van der Waals surface area contributed by atoms with Gasteiger partial charge in [0, 0.05) is 17.5 Å². The van der Waals surface area contributed by atoms with Crippen molar-refractivity contribution in [2.24, 2.45) is 11.8 Å². The van der Waals surface area contributed by atoms with E-state index in [1.165, 1.54) is 12.8 Å². The molecule has 6 heteroatoms. The van der Waals surface area contributed by atoms with Crippen molar-refractivity contribution >= 4 is 29.1 Å². The number of halogens is 1. The quantitative estimate of drug-likeness (QED) is 0.774. The number of carbonyl (C=O) groups is 2. The third kappa shape index (κ3) is 4.45. The van der Waals surface area contributed by atoms with Crippen LogP contribution in [0.4, 0.5) is 5.69 Å². The molecule has 0 bridgehead atoms. The van der Waals surface area contributed by atoms with E-state index in [1.54, 1.807) is 18.2 Å². The zero-order valence-corrected chi connectivity index (χ0v) is 13.8. The van der Waals surface area contributed by atoms with E-state index < -0.39 is 0 Å². The number of piperidine rings is 1. The fraction of sp³-hybridized carbons (Fsp3) is 0.529. The molecule has 2 aliphatic rings. The second-order valence-electron chi connectivity index (χ2n) is 6.36. The average Bonchev–Trinajstić information content (AvgIpc) is 3.39. The van der Waals surface area contributed by atoms with Gasteiger partial charge >= 0.3 is 0 Å². The van der Waals surface area contributed by atoms with Gasteiger partial charge in [-0.25, -0.2) is 0 Å². The van der Waals surface area contributed by atoms with E-state index in [1.807, 2.05) is 0 Å². The lowest BCUT2D eigenvalue weighted by molar-refractivity contribution is -0.120. The van der Waals surface area contributed by atoms with Gasteiger partial charge in [0.1, 0.15) is 0 Å². The molecular formula is C17H22ClN3O2. The van der Waals surface area contributed by atoms with Gasteiger partial charge < -0.3 is 16.0 Å². The molecule has 5 nitrogen and oxygen atoms in total. The lowest BCUT2D eigenvalue weighted by Gasteiger charge is -2.22. The van der Waals surface area contributed by atoms with Crippen molar-refractivity contribution in [1.82, 2.24) is 10.6 Å². The van der Waals surface area contributed by atoms with Crippen molar-refractivity contribution in [2.45, 2.75) is 25.7 Å². The highest BCUT2D eigenvalue weighted by Crippen LogP contribution is 2.28. The summed E-state index contributed by atoms with van der Waals surface area (Å²) in [4.78, 5) is 24.8. The van der Waals surface area contributed by atoms with E-state index in [9.17, 15) is 9.59 Å². The van der Waals surface area contributed by atoms with Crippen LogP contribution in [-0.4, -0.2) is 31.4 Å². The van der Waals surface area contributed by atoms with Crippen LogP contribution in [0.3, 0.4) is 0 Å². The maximum atomic E-state index is 12.4. The van der Waals surface area contributed by atoms with Crippen LogP contribution >= 0.6 is 11.6 Å². The molecule has 23 heavy (non-hydrogen) atoms. The number of amides is 2. The molecule has 0 aromatic heterocycles. The van der Waals surface area contributed by atoms with Gasteiger partial charge in [0.05, 0.1) is 11.3 Å². The summed E-state index contributed by atoms with van der Waals surface area (Å²) in [6.07, 6.45) is 4.00. The molecular weight excluding hydrogens is 314 g/mol. The van der Waals surface area contributed by atoms with Gasteiger partial charge in [-0.1, -0.05) is 11.6 Å². The topological polar surface area (TPSA) is 70.2 Å². The summed E-state index contributed by atoms with van der Waals surface area (Å²) in [7, 11) is 0. The van der Waals surface area contributed by atoms with Gasteiger partial charge in [-0.3, -0.25) is 9.59 Å². The number of nitrogens with one attached hydrogen (secondary N) is 3. The zero-order chi connectivity index (χ0) is 16.2. The Morgan fingerprint density at radius 3 is 2.61 bits per heavy atom. The summed E-state index contributed by atoms with van der Waals surface area (Å²) in [5, 5.41) is 9.56. The van der Waals surface area contributed by atoms with E-state index in [2.05, 4.69) is 16.0 Å². The molecule has 1 saturated carbocycles. The molecule has 2 amide bonds. The molecule has 3 N–H and O–H groups in total. The first-order chi connectivity index (χ1) is 11.1. The molecule has 2 fully saturated rings. The SMILES string of the molecule is O=C(NCC1CC1)c1cc(Cl)ccc1NC(=O)C1CCNCC1. The first-order valence-corrected chi connectivity index (χ1v) is 8.60. The lowest BCUT2D eigenvalue weighted by Crippen LogP contribution is -2.35. The molecule has 1 aromatic carbocycles. The number of anilines is 1. The summed E-state index contributed by atoms with van der Waals surface area (Å²) < 4.78 is 0. The Bertz CT molecular complexity index is 596. The molecule has 1 aromatic rings.